The fourth-order valence-corrected chi connectivity index (χ4v) is 2.95. The summed E-state index contributed by atoms with van der Waals surface area (Å²) < 4.78 is 11.1. The van der Waals surface area contributed by atoms with Gasteiger partial charge < -0.3 is 19.3 Å². The van der Waals surface area contributed by atoms with Crippen molar-refractivity contribution in [1.82, 2.24) is 4.90 Å². The van der Waals surface area contributed by atoms with Gasteiger partial charge in [0.1, 0.15) is 6.10 Å². The molecule has 2 aliphatic heterocycles. The predicted molar refractivity (Wildman–Crippen MR) is 81.2 cm³/mol. The maximum absolute atomic E-state index is 12.4. The number of rotatable bonds is 2. The third kappa shape index (κ3) is 3.09. The molecule has 21 heavy (non-hydrogen) atoms. The molecule has 114 valence electrons. The zero-order valence-electron chi connectivity index (χ0n) is 12.0. The van der Waals surface area contributed by atoms with Gasteiger partial charge in [-0.2, -0.15) is 0 Å². The number of nitrogens with zero attached hydrogens (tertiary/aromatic N) is 2. The SMILES string of the molecule is CC1CN(CC(=O)N2CCOCC2)c2cccc(Cl)c2O1. The summed E-state index contributed by atoms with van der Waals surface area (Å²) >= 11 is 6.19. The number of anilines is 1. The van der Waals surface area contributed by atoms with Crippen LogP contribution in [0.4, 0.5) is 5.69 Å². The van der Waals surface area contributed by atoms with E-state index in [0.717, 1.165) is 5.69 Å². The summed E-state index contributed by atoms with van der Waals surface area (Å²) in [5, 5.41) is 0.586. The van der Waals surface area contributed by atoms with Crippen LogP contribution in [-0.4, -0.2) is 56.3 Å². The minimum Gasteiger partial charge on any atom is -0.485 e. The van der Waals surface area contributed by atoms with Crippen molar-refractivity contribution in [3.63, 3.8) is 0 Å². The van der Waals surface area contributed by atoms with Crippen molar-refractivity contribution in [2.24, 2.45) is 0 Å². The first-order valence-electron chi connectivity index (χ1n) is 7.21. The van der Waals surface area contributed by atoms with Crippen LogP contribution in [0.25, 0.3) is 0 Å². The lowest BCUT2D eigenvalue weighted by Crippen LogP contribution is -2.48. The van der Waals surface area contributed by atoms with Crippen molar-refractivity contribution in [1.29, 1.82) is 0 Å². The Morgan fingerprint density at radius 3 is 2.90 bits per heavy atom. The Balaban J connectivity index is 1.76. The van der Waals surface area contributed by atoms with Crippen LogP contribution in [0.3, 0.4) is 0 Å². The van der Waals surface area contributed by atoms with Crippen molar-refractivity contribution in [3.05, 3.63) is 23.2 Å². The minimum absolute atomic E-state index is 0.00916. The van der Waals surface area contributed by atoms with Crippen LogP contribution in [0, 0.1) is 0 Å². The van der Waals surface area contributed by atoms with Crippen molar-refractivity contribution < 1.29 is 14.3 Å². The van der Waals surface area contributed by atoms with Gasteiger partial charge in [-0.15, -0.1) is 0 Å². The second kappa shape index (κ2) is 6.12. The van der Waals surface area contributed by atoms with E-state index in [4.69, 9.17) is 21.1 Å². The molecule has 1 aromatic carbocycles. The standard InChI is InChI=1S/C15H19ClN2O3/c1-11-9-18(10-14(19)17-5-7-20-8-6-17)13-4-2-3-12(16)15(13)21-11/h2-4,11H,5-10H2,1H3. The van der Waals surface area contributed by atoms with Crippen LogP contribution in [0.15, 0.2) is 18.2 Å². The first-order chi connectivity index (χ1) is 10.1. The lowest BCUT2D eigenvalue weighted by Gasteiger charge is -2.36. The second-order valence-electron chi connectivity index (χ2n) is 5.39. The molecule has 0 radical (unpaired) electrons. The number of amides is 1. The van der Waals surface area contributed by atoms with Gasteiger partial charge >= 0.3 is 0 Å². The molecule has 1 amide bonds. The average molecular weight is 311 g/mol. The van der Waals surface area contributed by atoms with Crippen molar-refractivity contribution >= 4 is 23.2 Å². The van der Waals surface area contributed by atoms with Gasteiger partial charge in [0.05, 0.1) is 37.0 Å². The second-order valence-corrected chi connectivity index (χ2v) is 5.80. The van der Waals surface area contributed by atoms with Gasteiger partial charge in [-0.3, -0.25) is 4.79 Å². The van der Waals surface area contributed by atoms with E-state index in [-0.39, 0.29) is 12.0 Å². The number of para-hydroxylation sites is 1. The summed E-state index contributed by atoms with van der Waals surface area (Å²) in [6, 6.07) is 5.63. The summed E-state index contributed by atoms with van der Waals surface area (Å²) in [4.78, 5) is 16.3. The summed E-state index contributed by atoms with van der Waals surface area (Å²) in [5.74, 6) is 0.797. The summed E-state index contributed by atoms with van der Waals surface area (Å²) in [7, 11) is 0. The van der Waals surface area contributed by atoms with Crippen LogP contribution in [0.2, 0.25) is 5.02 Å². The maximum Gasteiger partial charge on any atom is 0.242 e. The molecule has 1 saturated heterocycles. The molecule has 2 aliphatic rings. The quantitative estimate of drug-likeness (QED) is 0.835. The van der Waals surface area contributed by atoms with Crippen molar-refractivity contribution in [3.8, 4) is 5.75 Å². The van der Waals surface area contributed by atoms with Gasteiger partial charge in [0.15, 0.2) is 5.75 Å². The Morgan fingerprint density at radius 1 is 1.38 bits per heavy atom. The number of carbonyl (C=O) groups is 1. The largest absolute Gasteiger partial charge is 0.485 e. The van der Waals surface area contributed by atoms with Crippen LogP contribution >= 0.6 is 11.6 Å². The fraction of sp³-hybridized carbons (Fsp3) is 0.533. The third-order valence-electron chi connectivity index (χ3n) is 3.77. The summed E-state index contributed by atoms with van der Waals surface area (Å²) in [5.41, 5.74) is 0.891. The van der Waals surface area contributed by atoms with Gasteiger partial charge in [0.25, 0.3) is 0 Å². The molecule has 0 aromatic heterocycles. The zero-order chi connectivity index (χ0) is 14.8. The number of morpholine rings is 1. The Bertz CT molecular complexity index is 532. The molecule has 0 N–H and O–H groups in total. The topological polar surface area (TPSA) is 42.0 Å². The highest BCUT2D eigenvalue weighted by atomic mass is 35.5. The van der Waals surface area contributed by atoms with Gasteiger partial charge in [-0.25, -0.2) is 0 Å². The van der Waals surface area contributed by atoms with E-state index >= 15 is 0 Å². The van der Waals surface area contributed by atoms with E-state index in [9.17, 15) is 4.79 Å². The third-order valence-corrected chi connectivity index (χ3v) is 4.07. The number of fused-ring (bicyclic) bond motifs is 1. The van der Waals surface area contributed by atoms with Crippen molar-refractivity contribution in [2.45, 2.75) is 13.0 Å². The highest BCUT2D eigenvalue weighted by Crippen LogP contribution is 2.39. The molecule has 0 bridgehead atoms. The first-order valence-corrected chi connectivity index (χ1v) is 7.58. The highest BCUT2D eigenvalue weighted by molar-refractivity contribution is 6.32. The van der Waals surface area contributed by atoms with Gasteiger partial charge in [-0.05, 0) is 19.1 Å². The molecule has 1 fully saturated rings. The minimum atomic E-state index is 0.00916. The van der Waals surface area contributed by atoms with E-state index in [0.29, 0.717) is 50.2 Å². The predicted octanol–water partition coefficient (Wildman–Crippen LogP) is 1.79. The lowest BCUT2D eigenvalue weighted by atomic mass is 10.2. The molecular formula is C15H19ClN2O3. The monoisotopic (exact) mass is 310 g/mol. The molecule has 5 nitrogen and oxygen atoms in total. The molecule has 0 spiro atoms. The Hall–Kier alpha value is -1.46. The van der Waals surface area contributed by atoms with E-state index in [2.05, 4.69) is 0 Å². The molecule has 0 saturated carbocycles. The average Bonchev–Trinajstić information content (AvgIpc) is 2.49. The highest BCUT2D eigenvalue weighted by Gasteiger charge is 2.28. The zero-order valence-corrected chi connectivity index (χ0v) is 12.8. The number of hydrogen-bond acceptors (Lipinski definition) is 4. The van der Waals surface area contributed by atoms with Gasteiger partial charge in [0, 0.05) is 13.1 Å². The van der Waals surface area contributed by atoms with Crippen LogP contribution < -0.4 is 9.64 Å². The van der Waals surface area contributed by atoms with Gasteiger partial charge in [0.2, 0.25) is 5.91 Å². The Morgan fingerprint density at radius 2 is 2.14 bits per heavy atom. The Kier molecular flexibility index (Phi) is 4.22. The first kappa shape index (κ1) is 14.5. The molecule has 2 heterocycles. The number of hydrogen-bond donors (Lipinski definition) is 0. The molecule has 3 rings (SSSR count). The van der Waals surface area contributed by atoms with Crippen molar-refractivity contribution in [2.75, 3.05) is 44.3 Å². The number of carbonyl (C=O) groups excluding carboxylic acids is 1. The fourth-order valence-electron chi connectivity index (χ4n) is 2.74. The smallest absolute Gasteiger partial charge is 0.242 e. The summed E-state index contributed by atoms with van der Waals surface area (Å²) in [6.45, 7) is 5.59. The number of benzene rings is 1. The van der Waals surface area contributed by atoms with Crippen LogP contribution in [0.1, 0.15) is 6.92 Å². The van der Waals surface area contributed by atoms with E-state index < -0.39 is 0 Å². The number of ether oxygens (including phenoxy) is 2. The molecule has 0 aliphatic carbocycles. The maximum atomic E-state index is 12.4. The van der Waals surface area contributed by atoms with E-state index in [1.807, 2.05) is 28.9 Å². The lowest BCUT2D eigenvalue weighted by molar-refractivity contribution is -0.133. The van der Waals surface area contributed by atoms with Gasteiger partial charge in [-0.1, -0.05) is 17.7 Å². The molecular weight excluding hydrogens is 292 g/mol. The van der Waals surface area contributed by atoms with E-state index in [1.165, 1.54) is 0 Å². The Labute approximate surface area is 129 Å². The van der Waals surface area contributed by atoms with Crippen LogP contribution in [0.5, 0.6) is 5.75 Å². The molecule has 1 unspecified atom stereocenters. The summed E-state index contributed by atoms with van der Waals surface area (Å²) in [6.07, 6.45) is 0.00916. The van der Waals surface area contributed by atoms with E-state index in [1.54, 1.807) is 6.07 Å². The molecule has 1 aromatic rings. The van der Waals surface area contributed by atoms with Crippen LogP contribution in [-0.2, 0) is 9.53 Å². The number of halogens is 1. The molecule has 6 heteroatoms. The molecule has 1 atom stereocenters. The normalized spacial score (nSPS) is 21.7.